The number of hydrogen-bond donors (Lipinski definition) is 1. The maximum atomic E-state index is 12.5. The van der Waals surface area contributed by atoms with E-state index < -0.39 is 34.4 Å². The number of fused-ring (bicyclic) bond motifs is 1. The Kier molecular flexibility index (Phi) is 2.37. The van der Waals surface area contributed by atoms with Crippen molar-refractivity contribution < 1.29 is 26.3 Å². The predicted molar refractivity (Wildman–Crippen MR) is 48.3 cm³/mol. The van der Waals surface area contributed by atoms with E-state index in [4.69, 9.17) is 0 Å². The molecule has 1 N–H and O–H groups in total. The highest BCUT2D eigenvalue weighted by Gasteiger charge is 2.38. The second kappa shape index (κ2) is 3.41. The highest BCUT2D eigenvalue weighted by molar-refractivity contribution is 5.86. The van der Waals surface area contributed by atoms with E-state index in [-0.39, 0.29) is 0 Å². The number of benzene rings is 1. The molecular formula is C10H5F6N. The van der Waals surface area contributed by atoms with Gasteiger partial charge in [0.1, 0.15) is 0 Å². The largest absolute Gasteiger partial charge is 0.418 e. The molecule has 0 aliphatic carbocycles. The topological polar surface area (TPSA) is 15.8 Å². The number of alkyl halides is 6. The molecule has 17 heavy (non-hydrogen) atoms. The van der Waals surface area contributed by atoms with Crippen LogP contribution < -0.4 is 0 Å². The van der Waals surface area contributed by atoms with Crippen molar-refractivity contribution >= 4 is 10.9 Å². The van der Waals surface area contributed by atoms with Gasteiger partial charge in [0.05, 0.1) is 16.6 Å². The van der Waals surface area contributed by atoms with Crippen LogP contribution in [0.4, 0.5) is 26.3 Å². The highest BCUT2D eigenvalue weighted by Crippen LogP contribution is 2.40. The Bertz CT molecular complexity index is 500. The molecule has 0 saturated carbocycles. The van der Waals surface area contributed by atoms with Gasteiger partial charge < -0.3 is 4.98 Å². The Morgan fingerprint density at radius 2 is 1.29 bits per heavy atom. The fraction of sp³-hybridized carbons (Fsp3) is 0.200. The van der Waals surface area contributed by atoms with Crippen LogP contribution in [0.2, 0.25) is 0 Å². The minimum atomic E-state index is -4.69. The zero-order chi connectivity index (χ0) is 12.8. The Labute approximate surface area is 91.0 Å². The van der Waals surface area contributed by atoms with E-state index in [1.807, 2.05) is 0 Å². The molecule has 0 unspecified atom stereocenters. The van der Waals surface area contributed by atoms with Crippen molar-refractivity contribution in [2.75, 3.05) is 0 Å². The van der Waals surface area contributed by atoms with E-state index >= 15 is 0 Å². The van der Waals surface area contributed by atoms with Gasteiger partial charge in [0.2, 0.25) is 0 Å². The first kappa shape index (κ1) is 11.8. The number of nitrogens with one attached hydrogen (secondary N) is 1. The van der Waals surface area contributed by atoms with Crippen molar-refractivity contribution in [3.05, 3.63) is 35.5 Å². The molecule has 0 aliphatic heterocycles. The maximum absolute atomic E-state index is 12.5. The Morgan fingerprint density at radius 3 is 1.82 bits per heavy atom. The van der Waals surface area contributed by atoms with E-state index in [0.29, 0.717) is 12.1 Å². The van der Waals surface area contributed by atoms with Crippen LogP contribution in [0.1, 0.15) is 11.1 Å². The molecule has 0 bridgehead atoms. The fourth-order valence-corrected chi connectivity index (χ4v) is 1.64. The first-order valence-electron chi connectivity index (χ1n) is 4.46. The van der Waals surface area contributed by atoms with Crippen molar-refractivity contribution in [3.63, 3.8) is 0 Å². The van der Waals surface area contributed by atoms with Crippen LogP contribution in [0.3, 0.4) is 0 Å². The van der Waals surface area contributed by atoms with Crippen LogP contribution >= 0.6 is 0 Å². The van der Waals surface area contributed by atoms with Crippen LogP contribution in [-0.2, 0) is 12.4 Å². The molecule has 92 valence electrons. The normalized spacial score (nSPS) is 13.3. The molecule has 1 aromatic heterocycles. The van der Waals surface area contributed by atoms with Crippen molar-refractivity contribution in [3.8, 4) is 0 Å². The molecule has 0 atom stereocenters. The molecule has 0 amide bonds. The van der Waals surface area contributed by atoms with Crippen LogP contribution in [0.5, 0.6) is 0 Å². The number of halogens is 6. The molecule has 0 aliphatic rings. The Hall–Kier alpha value is -1.66. The van der Waals surface area contributed by atoms with Gasteiger partial charge in [-0.3, -0.25) is 0 Å². The van der Waals surface area contributed by atoms with Crippen molar-refractivity contribution in [2.24, 2.45) is 0 Å². The van der Waals surface area contributed by atoms with Gasteiger partial charge in [-0.2, -0.15) is 26.3 Å². The summed E-state index contributed by atoms with van der Waals surface area (Å²) >= 11 is 0. The van der Waals surface area contributed by atoms with E-state index in [1.54, 1.807) is 0 Å². The van der Waals surface area contributed by atoms with Gasteiger partial charge in [-0.15, -0.1) is 0 Å². The van der Waals surface area contributed by atoms with E-state index in [2.05, 4.69) is 4.98 Å². The molecule has 2 aromatic rings. The predicted octanol–water partition coefficient (Wildman–Crippen LogP) is 4.21. The number of hydrogen-bond acceptors (Lipinski definition) is 0. The molecule has 1 aromatic carbocycles. The second-order valence-electron chi connectivity index (χ2n) is 3.42. The SMILES string of the molecule is FC(F)(F)c1ccc(C(F)(F)F)c2[nH]ccc12. The maximum Gasteiger partial charge on any atom is 0.418 e. The van der Waals surface area contributed by atoms with Gasteiger partial charge in [-0.25, -0.2) is 0 Å². The second-order valence-corrected chi connectivity index (χ2v) is 3.42. The molecule has 2 rings (SSSR count). The zero-order valence-electron chi connectivity index (χ0n) is 8.08. The Morgan fingerprint density at radius 1 is 0.765 bits per heavy atom. The van der Waals surface area contributed by atoms with E-state index in [0.717, 1.165) is 12.3 Å². The average molecular weight is 253 g/mol. The summed E-state index contributed by atoms with van der Waals surface area (Å²) < 4.78 is 75.2. The number of H-pyrrole nitrogens is 1. The van der Waals surface area contributed by atoms with E-state index in [9.17, 15) is 26.3 Å². The van der Waals surface area contributed by atoms with Gasteiger partial charge in [0, 0.05) is 11.6 Å². The molecule has 0 radical (unpaired) electrons. The molecule has 0 spiro atoms. The molecule has 1 heterocycles. The summed E-state index contributed by atoms with van der Waals surface area (Å²) in [5, 5.41) is -0.479. The molecule has 0 fully saturated rings. The number of rotatable bonds is 0. The van der Waals surface area contributed by atoms with E-state index in [1.165, 1.54) is 0 Å². The van der Waals surface area contributed by atoms with Crippen molar-refractivity contribution in [2.45, 2.75) is 12.4 Å². The van der Waals surface area contributed by atoms with Crippen LogP contribution in [0.15, 0.2) is 24.4 Å². The zero-order valence-corrected chi connectivity index (χ0v) is 8.08. The lowest BCUT2D eigenvalue weighted by Gasteiger charge is -2.12. The standard InChI is InChI=1S/C10H5F6N/c11-9(12,13)6-1-2-7(10(14,15)16)8-5(6)3-4-17-8/h1-4,17H. The first-order valence-corrected chi connectivity index (χ1v) is 4.46. The smallest absolute Gasteiger partial charge is 0.361 e. The van der Waals surface area contributed by atoms with Crippen LogP contribution in [0.25, 0.3) is 10.9 Å². The minimum absolute atomic E-state index is 0.432. The third-order valence-corrected chi connectivity index (χ3v) is 2.33. The average Bonchev–Trinajstić information content (AvgIpc) is 2.60. The quantitative estimate of drug-likeness (QED) is 0.677. The lowest BCUT2D eigenvalue weighted by Crippen LogP contribution is -2.10. The fourth-order valence-electron chi connectivity index (χ4n) is 1.64. The molecular weight excluding hydrogens is 248 g/mol. The highest BCUT2D eigenvalue weighted by atomic mass is 19.4. The number of aromatic nitrogens is 1. The summed E-state index contributed by atoms with van der Waals surface area (Å²) in [5.41, 5.74) is -2.74. The van der Waals surface area contributed by atoms with Crippen LogP contribution in [-0.4, -0.2) is 4.98 Å². The van der Waals surface area contributed by atoms with Crippen molar-refractivity contribution in [1.82, 2.24) is 4.98 Å². The summed E-state index contributed by atoms with van der Waals surface area (Å²) in [6.45, 7) is 0. The Balaban J connectivity index is 2.76. The third-order valence-electron chi connectivity index (χ3n) is 2.33. The summed E-state index contributed by atoms with van der Waals surface area (Å²) in [6.07, 6.45) is -8.31. The van der Waals surface area contributed by atoms with Gasteiger partial charge in [0.15, 0.2) is 0 Å². The summed E-state index contributed by atoms with van der Waals surface area (Å²) in [5.74, 6) is 0. The first-order chi connectivity index (χ1) is 7.71. The molecule has 0 saturated heterocycles. The van der Waals surface area contributed by atoms with Crippen LogP contribution in [0, 0.1) is 0 Å². The molecule has 7 heteroatoms. The van der Waals surface area contributed by atoms with Crippen molar-refractivity contribution in [1.29, 1.82) is 0 Å². The lowest BCUT2D eigenvalue weighted by molar-refractivity contribution is -0.139. The summed E-state index contributed by atoms with van der Waals surface area (Å²) in [6, 6.07) is 1.86. The van der Waals surface area contributed by atoms with Gasteiger partial charge >= 0.3 is 12.4 Å². The van der Waals surface area contributed by atoms with Gasteiger partial charge in [-0.05, 0) is 18.2 Å². The lowest BCUT2D eigenvalue weighted by atomic mass is 10.1. The van der Waals surface area contributed by atoms with Gasteiger partial charge in [-0.1, -0.05) is 0 Å². The monoisotopic (exact) mass is 253 g/mol. The third kappa shape index (κ3) is 1.96. The molecule has 1 nitrogen and oxygen atoms in total. The van der Waals surface area contributed by atoms with Gasteiger partial charge in [0.25, 0.3) is 0 Å². The minimum Gasteiger partial charge on any atom is -0.361 e. The summed E-state index contributed by atoms with van der Waals surface area (Å²) in [7, 11) is 0. The summed E-state index contributed by atoms with van der Waals surface area (Å²) in [4.78, 5) is 2.19. The number of aromatic amines is 1.